The quantitative estimate of drug-likeness (QED) is 0.888. The predicted octanol–water partition coefficient (Wildman–Crippen LogP) is 3.05. The van der Waals surface area contributed by atoms with Gasteiger partial charge < -0.3 is 20.4 Å². The molecule has 1 aromatic heterocycles. The van der Waals surface area contributed by atoms with E-state index in [-0.39, 0.29) is 11.9 Å². The van der Waals surface area contributed by atoms with E-state index in [1.165, 1.54) is 0 Å². The van der Waals surface area contributed by atoms with Gasteiger partial charge in [-0.15, -0.1) is 0 Å². The first-order valence-corrected chi connectivity index (χ1v) is 6.88. The first kappa shape index (κ1) is 15.1. The third-order valence-corrected chi connectivity index (χ3v) is 3.15. The molecule has 0 fully saturated rings. The summed E-state index contributed by atoms with van der Waals surface area (Å²) in [5.41, 5.74) is 8.68. The molecule has 0 radical (unpaired) electrons. The summed E-state index contributed by atoms with van der Waals surface area (Å²) in [4.78, 5) is 12.4. The van der Waals surface area contributed by atoms with Gasteiger partial charge >= 0.3 is 0 Å². The van der Waals surface area contributed by atoms with E-state index in [1.807, 2.05) is 42.7 Å². The van der Waals surface area contributed by atoms with Gasteiger partial charge in [-0.05, 0) is 37.6 Å². The lowest BCUT2D eigenvalue weighted by atomic mass is 10.2. The highest BCUT2D eigenvalue weighted by Gasteiger charge is 2.15. The minimum absolute atomic E-state index is 0.169. The lowest BCUT2D eigenvalue weighted by Crippen LogP contribution is -2.17. The van der Waals surface area contributed by atoms with Gasteiger partial charge in [-0.3, -0.25) is 4.79 Å². The Morgan fingerprint density at radius 1 is 1.38 bits per heavy atom. The molecule has 0 aliphatic rings. The molecule has 0 aliphatic carbocycles. The topological polar surface area (TPSA) is 69.3 Å². The largest absolute Gasteiger partial charge is 0.397 e. The maximum Gasteiger partial charge on any atom is 0.272 e. The summed E-state index contributed by atoms with van der Waals surface area (Å²) in [6.45, 7) is 4.53. The minimum atomic E-state index is -0.171. The number of nitrogen functional groups attached to an aromatic ring is 1. The molecule has 0 spiro atoms. The van der Waals surface area contributed by atoms with E-state index >= 15 is 0 Å². The summed E-state index contributed by atoms with van der Waals surface area (Å²) < 4.78 is 6.96. The number of hydrogen-bond donors (Lipinski definition) is 2. The number of ether oxygens (including phenoxy) is 1. The average molecular weight is 287 g/mol. The highest BCUT2D eigenvalue weighted by molar-refractivity contribution is 6.03. The second kappa shape index (κ2) is 6.45. The van der Waals surface area contributed by atoms with Gasteiger partial charge in [0.25, 0.3) is 5.91 Å². The van der Waals surface area contributed by atoms with Gasteiger partial charge in [0.05, 0.1) is 12.3 Å². The number of hydrogen-bond acceptors (Lipinski definition) is 3. The molecule has 0 aliphatic heterocycles. The monoisotopic (exact) mass is 287 g/mol. The highest BCUT2D eigenvalue weighted by atomic mass is 16.5. The van der Waals surface area contributed by atoms with Crippen LogP contribution in [0.1, 0.15) is 35.9 Å². The molecule has 0 bridgehead atoms. The fourth-order valence-electron chi connectivity index (χ4n) is 2.21. The van der Waals surface area contributed by atoms with Crippen LogP contribution in [0.15, 0.2) is 36.5 Å². The van der Waals surface area contributed by atoms with E-state index in [4.69, 9.17) is 10.5 Å². The number of nitrogens with two attached hydrogens (primary N) is 1. The van der Waals surface area contributed by atoms with Crippen molar-refractivity contribution in [3.05, 3.63) is 47.8 Å². The SMILES string of the molecule is COCc1cccc(NC(=O)c2cc(N)cn2C(C)C)c1. The van der Waals surface area contributed by atoms with Crippen molar-refractivity contribution in [1.82, 2.24) is 4.57 Å². The van der Waals surface area contributed by atoms with Crippen LogP contribution in [0.25, 0.3) is 0 Å². The van der Waals surface area contributed by atoms with Gasteiger partial charge in [-0.2, -0.15) is 0 Å². The summed E-state index contributed by atoms with van der Waals surface area (Å²) in [5, 5.41) is 2.89. The number of aromatic nitrogens is 1. The number of nitrogens with zero attached hydrogens (tertiary/aromatic N) is 1. The summed E-state index contributed by atoms with van der Waals surface area (Å²) in [7, 11) is 1.64. The second-order valence-electron chi connectivity index (χ2n) is 5.25. The fraction of sp³-hybridized carbons (Fsp3) is 0.312. The van der Waals surface area contributed by atoms with E-state index in [9.17, 15) is 4.79 Å². The van der Waals surface area contributed by atoms with E-state index in [1.54, 1.807) is 19.4 Å². The van der Waals surface area contributed by atoms with Crippen LogP contribution in [0.5, 0.6) is 0 Å². The molecular formula is C16H21N3O2. The summed E-state index contributed by atoms with van der Waals surface area (Å²) in [6.07, 6.45) is 1.78. The van der Waals surface area contributed by atoms with Crippen LogP contribution in [0.4, 0.5) is 11.4 Å². The van der Waals surface area contributed by atoms with Gasteiger partial charge in [-0.25, -0.2) is 0 Å². The third kappa shape index (κ3) is 3.64. The number of methoxy groups -OCH3 is 1. The van der Waals surface area contributed by atoms with Crippen molar-refractivity contribution >= 4 is 17.3 Å². The predicted molar refractivity (Wildman–Crippen MR) is 84.3 cm³/mol. The van der Waals surface area contributed by atoms with Crippen LogP contribution in [0.3, 0.4) is 0 Å². The molecule has 0 saturated heterocycles. The van der Waals surface area contributed by atoms with E-state index in [2.05, 4.69) is 5.32 Å². The molecule has 0 unspecified atom stereocenters. The van der Waals surface area contributed by atoms with Crippen molar-refractivity contribution in [1.29, 1.82) is 0 Å². The normalized spacial score (nSPS) is 10.9. The van der Waals surface area contributed by atoms with Crippen molar-refractivity contribution in [2.45, 2.75) is 26.5 Å². The number of carbonyl (C=O) groups excluding carboxylic acids is 1. The molecule has 0 saturated carbocycles. The van der Waals surface area contributed by atoms with Gasteiger partial charge in [0, 0.05) is 25.0 Å². The van der Waals surface area contributed by atoms with Crippen LogP contribution in [-0.4, -0.2) is 17.6 Å². The Labute approximate surface area is 124 Å². The minimum Gasteiger partial charge on any atom is -0.397 e. The molecule has 3 N–H and O–H groups in total. The van der Waals surface area contributed by atoms with Crippen LogP contribution >= 0.6 is 0 Å². The summed E-state index contributed by atoms with van der Waals surface area (Å²) in [6, 6.07) is 9.45. The molecule has 1 aromatic carbocycles. The van der Waals surface area contributed by atoms with E-state index in [0.29, 0.717) is 18.0 Å². The maximum absolute atomic E-state index is 12.4. The Kier molecular flexibility index (Phi) is 4.65. The van der Waals surface area contributed by atoms with Crippen molar-refractivity contribution in [2.24, 2.45) is 0 Å². The molecular weight excluding hydrogens is 266 g/mol. The zero-order chi connectivity index (χ0) is 15.4. The van der Waals surface area contributed by atoms with Crippen LogP contribution in [-0.2, 0) is 11.3 Å². The van der Waals surface area contributed by atoms with Crippen LogP contribution < -0.4 is 11.1 Å². The lowest BCUT2D eigenvalue weighted by molar-refractivity contribution is 0.101. The molecule has 5 nitrogen and oxygen atoms in total. The van der Waals surface area contributed by atoms with Crippen molar-refractivity contribution in [3.8, 4) is 0 Å². The van der Waals surface area contributed by atoms with Gasteiger partial charge in [0.15, 0.2) is 0 Å². The molecule has 2 aromatic rings. The molecule has 112 valence electrons. The molecule has 5 heteroatoms. The Morgan fingerprint density at radius 3 is 2.81 bits per heavy atom. The zero-order valence-electron chi connectivity index (χ0n) is 12.6. The number of carbonyl (C=O) groups is 1. The zero-order valence-corrected chi connectivity index (χ0v) is 12.6. The molecule has 0 atom stereocenters. The molecule has 1 amide bonds. The smallest absolute Gasteiger partial charge is 0.272 e. The van der Waals surface area contributed by atoms with E-state index < -0.39 is 0 Å². The van der Waals surface area contributed by atoms with Crippen molar-refractivity contribution < 1.29 is 9.53 Å². The standard InChI is InChI=1S/C16H21N3O2/c1-11(2)19-9-13(17)8-15(19)16(20)18-14-6-4-5-12(7-14)10-21-3/h4-9,11H,10,17H2,1-3H3,(H,18,20). The summed E-state index contributed by atoms with van der Waals surface area (Å²) in [5.74, 6) is -0.171. The van der Waals surface area contributed by atoms with Gasteiger partial charge in [0.2, 0.25) is 0 Å². The van der Waals surface area contributed by atoms with Crippen LogP contribution in [0.2, 0.25) is 0 Å². The second-order valence-corrected chi connectivity index (χ2v) is 5.25. The third-order valence-electron chi connectivity index (χ3n) is 3.15. The molecule has 2 rings (SSSR count). The Bertz CT molecular complexity index is 632. The van der Waals surface area contributed by atoms with E-state index in [0.717, 1.165) is 11.3 Å². The molecule has 1 heterocycles. The van der Waals surface area contributed by atoms with Gasteiger partial charge in [0.1, 0.15) is 5.69 Å². The average Bonchev–Trinajstić information content (AvgIpc) is 2.82. The van der Waals surface area contributed by atoms with Crippen LogP contribution in [0, 0.1) is 0 Å². The Morgan fingerprint density at radius 2 is 2.14 bits per heavy atom. The van der Waals surface area contributed by atoms with Crippen molar-refractivity contribution in [2.75, 3.05) is 18.2 Å². The first-order valence-electron chi connectivity index (χ1n) is 6.88. The van der Waals surface area contributed by atoms with Gasteiger partial charge in [-0.1, -0.05) is 12.1 Å². The number of anilines is 2. The number of amides is 1. The lowest BCUT2D eigenvalue weighted by Gasteiger charge is -2.13. The molecule has 21 heavy (non-hydrogen) atoms. The number of nitrogens with one attached hydrogen (secondary N) is 1. The fourth-order valence-corrected chi connectivity index (χ4v) is 2.21. The summed E-state index contributed by atoms with van der Waals surface area (Å²) >= 11 is 0. The highest BCUT2D eigenvalue weighted by Crippen LogP contribution is 2.19. The maximum atomic E-state index is 12.4. The number of benzene rings is 1. The van der Waals surface area contributed by atoms with Crippen molar-refractivity contribution in [3.63, 3.8) is 0 Å². The first-order chi connectivity index (χ1) is 10.0. The number of rotatable bonds is 5. The Hall–Kier alpha value is -2.27. The Balaban J connectivity index is 2.20.